The molecule has 7 nitrogen and oxygen atoms in total. The number of nitrogens with zero attached hydrogens (tertiary/aromatic N) is 4. The molecule has 26 heavy (non-hydrogen) atoms. The van der Waals surface area contributed by atoms with Crippen LogP contribution in [0.25, 0.3) is 0 Å². The van der Waals surface area contributed by atoms with Crippen LogP contribution in [0, 0.1) is 5.92 Å². The first-order valence-electron chi connectivity index (χ1n) is 9.49. The van der Waals surface area contributed by atoms with Gasteiger partial charge in [-0.3, -0.25) is 0 Å². The Balaban J connectivity index is 1.41. The molecule has 1 aromatic heterocycles. The molecule has 3 heterocycles. The number of aromatic nitrogens is 3. The Bertz CT molecular complexity index is 742. The molecular formula is C19H27N7. The summed E-state index contributed by atoms with van der Waals surface area (Å²) in [6.45, 7) is 4.94. The van der Waals surface area contributed by atoms with Crippen molar-refractivity contribution in [1.82, 2.24) is 20.3 Å². The summed E-state index contributed by atoms with van der Waals surface area (Å²) in [6, 6.07) is 6.45. The van der Waals surface area contributed by atoms with Gasteiger partial charge < -0.3 is 20.9 Å². The van der Waals surface area contributed by atoms with E-state index in [0.717, 1.165) is 45.1 Å². The van der Waals surface area contributed by atoms with Crippen molar-refractivity contribution in [2.24, 2.45) is 5.92 Å². The van der Waals surface area contributed by atoms with Crippen molar-refractivity contribution >= 4 is 17.6 Å². The number of hydrogen-bond acceptors (Lipinski definition) is 7. The fraction of sp³-hybridized carbons (Fsp3) is 0.526. The van der Waals surface area contributed by atoms with Crippen molar-refractivity contribution < 1.29 is 0 Å². The summed E-state index contributed by atoms with van der Waals surface area (Å²) in [7, 11) is 2.05. The molecule has 2 aromatic rings. The van der Waals surface area contributed by atoms with Crippen molar-refractivity contribution in [2.45, 2.75) is 25.8 Å². The number of hydrogen-bond donors (Lipinski definition) is 3. The summed E-state index contributed by atoms with van der Waals surface area (Å²) < 4.78 is 0. The molecule has 1 atom stereocenters. The Morgan fingerprint density at radius 3 is 3.12 bits per heavy atom. The maximum atomic E-state index is 4.60. The van der Waals surface area contributed by atoms with Gasteiger partial charge in [-0.2, -0.15) is 4.98 Å². The van der Waals surface area contributed by atoms with Crippen LogP contribution < -0.4 is 20.9 Å². The van der Waals surface area contributed by atoms with Crippen LogP contribution in [0.3, 0.4) is 0 Å². The molecule has 1 unspecified atom stereocenters. The zero-order valence-electron chi connectivity index (χ0n) is 15.3. The minimum Gasteiger partial charge on any atom is -0.385 e. The second-order valence-corrected chi connectivity index (χ2v) is 7.18. The van der Waals surface area contributed by atoms with Gasteiger partial charge in [-0.15, -0.1) is 0 Å². The van der Waals surface area contributed by atoms with Crippen LogP contribution in [0.4, 0.5) is 17.6 Å². The van der Waals surface area contributed by atoms with Gasteiger partial charge in [0.05, 0.1) is 0 Å². The van der Waals surface area contributed by atoms with Crippen LogP contribution in [0.15, 0.2) is 24.5 Å². The molecular weight excluding hydrogens is 326 g/mol. The molecule has 0 amide bonds. The molecule has 1 aromatic carbocycles. The van der Waals surface area contributed by atoms with Gasteiger partial charge in [-0.05, 0) is 55.5 Å². The summed E-state index contributed by atoms with van der Waals surface area (Å²) in [4.78, 5) is 15.4. The number of nitrogens with one attached hydrogen (secondary N) is 3. The van der Waals surface area contributed by atoms with Gasteiger partial charge in [0.2, 0.25) is 11.9 Å². The fourth-order valence-corrected chi connectivity index (χ4v) is 3.82. The molecule has 1 fully saturated rings. The lowest BCUT2D eigenvalue weighted by atomic mass is 9.97. The Kier molecular flexibility index (Phi) is 5.15. The average Bonchev–Trinajstić information content (AvgIpc) is 3.19. The lowest BCUT2D eigenvalue weighted by Crippen LogP contribution is -2.28. The van der Waals surface area contributed by atoms with Crippen LogP contribution >= 0.6 is 0 Å². The molecule has 0 saturated carbocycles. The first-order chi connectivity index (χ1) is 12.8. The van der Waals surface area contributed by atoms with Crippen molar-refractivity contribution in [3.63, 3.8) is 0 Å². The molecule has 0 radical (unpaired) electrons. The predicted octanol–water partition coefficient (Wildman–Crippen LogP) is 1.89. The Hall–Kier alpha value is -2.41. The van der Waals surface area contributed by atoms with E-state index in [1.165, 1.54) is 29.7 Å². The maximum Gasteiger partial charge on any atom is 0.229 e. The number of anilines is 3. The van der Waals surface area contributed by atoms with Gasteiger partial charge in [-0.1, -0.05) is 12.1 Å². The first kappa shape index (κ1) is 17.0. The summed E-state index contributed by atoms with van der Waals surface area (Å²) in [5, 5.41) is 10.3. The standard InChI is InChI=1S/C19H27N7/c1-26(12-14-7-9-20-10-14)19-24-13-23-18(25-19)22-11-15-4-2-6-17-16(15)5-3-8-21-17/h2,4,6,13-14,20-21H,3,5,7-12H2,1H3,(H,22,23,24,25). The van der Waals surface area contributed by atoms with E-state index in [1.54, 1.807) is 6.33 Å². The van der Waals surface area contributed by atoms with Crippen molar-refractivity contribution in [3.8, 4) is 0 Å². The highest BCUT2D eigenvalue weighted by atomic mass is 15.3. The highest BCUT2D eigenvalue weighted by molar-refractivity contribution is 5.57. The molecule has 0 spiro atoms. The predicted molar refractivity (Wildman–Crippen MR) is 105 cm³/mol. The SMILES string of the molecule is CN(CC1CCNC1)c1ncnc(NCc2cccc3c2CCCN3)n1. The van der Waals surface area contributed by atoms with E-state index < -0.39 is 0 Å². The first-order valence-corrected chi connectivity index (χ1v) is 9.49. The maximum absolute atomic E-state index is 4.60. The normalized spacial score (nSPS) is 18.9. The molecule has 2 aliphatic rings. The van der Waals surface area contributed by atoms with Crippen molar-refractivity contribution in [2.75, 3.05) is 48.8 Å². The van der Waals surface area contributed by atoms with Gasteiger partial charge in [0.25, 0.3) is 0 Å². The summed E-state index contributed by atoms with van der Waals surface area (Å²) in [6.07, 6.45) is 5.12. The topological polar surface area (TPSA) is 78.0 Å². The van der Waals surface area contributed by atoms with Crippen molar-refractivity contribution in [1.29, 1.82) is 0 Å². The van der Waals surface area contributed by atoms with Crippen LogP contribution in [0.5, 0.6) is 0 Å². The third-order valence-corrected chi connectivity index (χ3v) is 5.22. The van der Waals surface area contributed by atoms with E-state index >= 15 is 0 Å². The average molecular weight is 353 g/mol. The van der Waals surface area contributed by atoms with Crippen molar-refractivity contribution in [3.05, 3.63) is 35.7 Å². The zero-order chi connectivity index (χ0) is 17.8. The Morgan fingerprint density at radius 2 is 2.23 bits per heavy atom. The van der Waals surface area contributed by atoms with Gasteiger partial charge in [0.15, 0.2) is 0 Å². The second-order valence-electron chi connectivity index (χ2n) is 7.18. The summed E-state index contributed by atoms with van der Waals surface area (Å²) in [5.41, 5.74) is 3.98. The smallest absolute Gasteiger partial charge is 0.229 e. The van der Waals surface area contributed by atoms with Gasteiger partial charge in [0, 0.05) is 32.4 Å². The second kappa shape index (κ2) is 7.86. The van der Waals surface area contributed by atoms with Crippen LogP contribution in [-0.2, 0) is 13.0 Å². The number of fused-ring (bicyclic) bond motifs is 1. The van der Waals surface area contributed by atoms with Crippen LogP contribution in [0.1, 0.15) is 24.0 Å². The minimum absolute atomic E-state index is 0.632. The molecule has 7 heteroatoms. The van der Waals surface area contributed by atoms with Gasteiger partial charge in [-0.25, -0.2) is 9.97 Å². The summed E-state index contributed by atoms with van der Waals surface area (Å²) in [5.74, 6) is 2.02. The van der Waals surface area contributed by atoms with E-state index in [-0.39, 0.29) is 0 Å². The molecule has 1 saturated heterocycles. The number of rotatable bonds is 6. The van der Waals surface area contributed by atoms with Gasteiger partial charge >= 0.3 is 0 Å². The van der Waals surface area contributed by atoms with E-state index in [9.17, 15) is 0 Å². The Labute approximate surface area is 154 Å². The Morgan fingerprint density at radius 1 is 1.27 bits per heavy atom. The van der Waals surface area contributed by atoms with E-state index in [4.69, 9.17) is 0 Å². The third-order valence-electron chi connectivity index (χ3n) is 5.22. The minimum atomic E-state index is 0.632. The highest BCUT2D eigenvalue weighted by Crippen LogP contribution is 2.25. The van der Waals surface area contributed by atoms with Gasteiger partial charge in [0.1, 0.15) is 6.33 Å². The molecule has 3 N–H and O–H groups in total. The largest absolute Gasteiger partial charge is 0.385 e. The fourth-order valence-electron chi connectivity index (χ4n) is 3.82. The molecule has 0 bridgehead atoms. The summed E-state index contributed by atoms with van der Waals surface area (Å²) >= 11 is 0. The lowest BCUT2D eigenvalue weighted by Gasteiger charge is -2.22. The third kappa shape index (κ3) is 3.88. The van der Waals surface area contributed by atoms with E-state index in [0.29, 0.717) is 11.9 Å². The molecule has 2 aliphatic heterocycles. The van der Waals surface area contributed by atoms with E-state index in [1.807, 2.05) is 0 Å². The van der Waals surface area contributed by atoms with Crippen LogP contribution in [-0.4, -0.2) is 48.2 Å². The molecule has 4 rings (SSSR count). The van der Waals surface area contributed by atoms with Crippen LogP contribution in [0.2, 0.25) is 0 Å². The zero-order valence-corrected chi connectivity index (χ0v) is 15.3. The molecule has 138 valence electrons. The van der Waals surface area contributed by atoms with E-state index in [2.05, 4.69) is 61.0 Å². The monoisotopic (exact) mass is 353 g/mol. The lowest BCUT2D eigenvalue weighted by molar-refractivity contribution is 0.572. The highest BCUT2D eigenvalue weighted by Gasteiger charge is 2.18. The number of benzene rings is 1. The molecule has 0 aliphatic carbocycles. The quantitative estimate of drug-likeness (QED) is 0.732.